The van der Waals surface area contributed by atoms with Crippen LogP contribution in [0.4, 0.5) is 0 Å². The van der Waals surface area contributed by atoms with E-state index in [9.17, 15) is 10.2 Å². The summed E-state index contributed by atoms with van der Waals surface area (Å²) in [6.07, 6.45) is 0. The number of benzene rings is 1. The first kappa shape index (κ1) is 14.6. The van der Waals surface area contributed by atoms with Crippen LogP contribution < -0.4 is 0 Å². The van der Waals surface area contributed by atoms with Gasteiger partial charge in [-0.25, -0.2) is 0 Å². The Morgan fingerprint density at radius 3 is 2.24 bits per heavy atom. The molecule has 0 spiro atoms. The van der Waals surface area contributed by atoms with Gasteiger partial charge in [-0.15, -0.1) is 0 Å². The third-order valence-electron chi connectivity index (χ3n) is 3.35. The molecule has 0 aliphatic rings. The fourth-order valence-electron chi connectivity index (χ4n) is 1.31. The number of aliphatic hydroxyl groups excluding tert-OH is 1. The zero-order valence-corrected chi connectivity index (χ0v) is 11.6. The Hall–Kier alpha value is -0.510. The molecule has 0 amide bonds. The summed E-state index contributed by atoms with van der Waals surface area (Å²) in [7, 11) is 0. The van der Waals surface area contributed by atoms with Crippen molar-refractivity contribution in [1.82, 2.24) is 0 Å². The monoisotopic (exact) mass is 254 g/mol. The smallest absolute Gasteiger partial charge is 0.0782 e. The highest BCUT2D eigenvalue weighted by molar-refractivity contribution is 7.98. The van der Waals surface area contributed by atoms with E-state index in [1.54, 1.807) is 18.7 Å². The number of rotatable bonds is 6. The average molecular weight is 254 g/mol. The van der Waals surface area contributed by atoms with Crippen molar-refractivity contribution in [3.63, 3.8) is 0 Å². The molecular formula is C14H22O2S. The molecule has 0 saturated carbocycles. The molecule has 1 rings (SSSR count). The van der Waals surface area contributed by atoms with E-state index in [2.05, 4.69) is 12.1 Å². The van der Waals surface area contributed by atoms with Crippen molar-refractivity contribution in [3.8, 4) is 0 Å². The largest absolute Gasteiger partial charge is 0.396 e. The van der Waals surface area contributed by atoms with Gasteiger partial charge in [0.05, 0.1) is 12.2 Å². The Kier molecular flexibility index (Phi) is 5.04. The van der Waals surface area contributed by atoms with Crippen LogP contribution in [-0.4, -0.2) is 28.2 Å². The molecule has 96 valence electrons. The van der Waals surface area contributed by atoms with Crippen LogP contribution in [0.3, 0.4) is 0 Å². The molecule has 1 aromatic carbocycles. The van der Waals surface area contributed by atoms with Gasteiger partial charge in [-0.1, -0.05) is 44.2 Å². The van der Waals surface area contributed by atoms with E-state index in [0.717, 1.165) is 5.75 Å². The Morgan fingerprint density at radius 1 is 1.12 bits per heavy atom. The highest BCUT2D eigenvalue weighted by Gasteiger charge is 2.38. The van der Waals surface area contributed by atoms with E-state index in [4.69, 9.17) is 0 Å². The summed E-state index contributed by atoms with van der Waals surface area (Å²) in [5.74, 6) is 1.51. The van der Waals surface area contributed by atoms with Gasteiger partial charge in [0.2, 0.25) is 0 Å². The van der Waals surface area contributed by atoms with Crippen molar-refractivity contribution >= 4 is 11.8 Å². The molecule has 0 aliphatic carbocycles. The summed E-state index contributed by atoms with van der Waals surface area (Å²) in [5.41, 5.74) is -0.0761. The van der Waals surface area contributed by atoms with E-state index in [-0.39, 0.29) is 6.61 Å². The SMILES string of the molecule is CC(C)(CO)C(C)(O)CSCc1ccccc1. The standard InChI is InChI=1S/C14H22O2S/c1-13(2,10-15)14(3,16)11-17-9-12-7-5-4-6-8-12/h4-8,15-16H,9-11H2,1-3H3. The third-order valence-corrected chi connectivity index (χ3v) is 4.65. The van der Waals surface area contributed by atoms with Gasteiger partial charge in [0.25, 0.3) is 0 Å². The van der Waals surface area contributed by atoms with Crippen LogP contribution in [0.2, 0.25) is 0 Å². The summed E-state index contributed by atoms with van der Waals surface area (Å²) in [4.78, 5) is 0. The number of hydrogen-bond donors (Lipinski definition) is 2. The molecule has 0 fully saturated rings. The topological polar surface area (TPSA) is 40.5 Å². The normalized spacial score (nSPS) is 15.6. The predicted octanol–water partition coefficient (Wildman–Crippen LogP) is 2.69. The van der Waals surface area contributed by atoms with Gasteiger partial charge in [0, 0.05) is 16.9 Å². The molecule has 1 aromatic rings. The van der Waals surface area contributed by atoms with Crippen molar-refractivity contribution in [2.45, 2.75) is 32.1 Å². The molecule has 0 heterocycles. The van der Waals surface area contributed by atoms with Crippen molar-refractivity contribution in [2.24, 2.45) is 5.41 Å². The van der Waals surface area contributed by atoms with Crippen LogP contribution in [0, 0.1) is 5.41 Å². The number of aliphatic hydroxyl groups is 2. The van der Waals surface area contributed by atoms with Crippen molar-refractivity contribution in [1.29, 1.82) is 0 Å². The van der Waals surface area contributed by atoms with Gasteiger partial charge < -0.3 is 10.2 Å². The first-order valence-electron chi connectivity index (χ1n) is 5.84. The Bertz CT molecular complexity index is 333. The molecule has 0 saturated heterocycles. The zero-order valence-electron chi connectivity index (χ0n) is 10.8. The van der Waals surface area contributed by atoms with Gasteiger partial charge in [0.15, 0.2) is 0 Å². The molecular weight excluding hydrogens is 232 g/mol. The highest BCUT2D eigenvalue weighted by atomic mass is 32.2. The summed E-state index contributed by atoms with van der Waals surface area (Å²) in [6, 6.07) is 10.2. The second-order valence-electron chi connectivity index (χ2n) is 5.29. The van der Waals surface area contributed by atoms with Gasteiger partial charge in [-0.05, 0) is 12.5 Å². The second kappa shape index (κ2) is 5.89. The Morgan fingerprint density at radius 2 is 1.71 bits per heavy atom. The van der Waals surface area contributed by atoms with Crippen LogP contribution in [0.15, 0.2) is 30.3 Å². The quantitative estimate of drug-likeness (QED) is 0.820. The first-order valence-corrected chi connectivity index (χ1v) is 6.99. The van der Waals surface area contributed by atoms with Crippen molar-refractivity contribution in [3.05, 3.63) is 35.9 Å². The highest BCUT2D eigenvalue weighted by Crippen LogP contribution is 2.33. The minimum absolute atomic E-state index is 0.00804. The lowest BCUT2D eigenvalue weighted by Gasteiger charge is -2.38. The molecule has 0 bridgehead atoms. The Labute approximate surface area is 108 Å². The molecule has 0 radical (unpaired) electrons. The lowest BCUT2D eigenvalue weighted by atomic mass is 9.78. The van der Waals surface area contributed by atoms with Gasteiger partial charge >= 0.3 is 0 Å². The van der Waals surface area contributed by atoms with Crippen LogP contribution in [0.25, 0.3) is 0 Å². The lowest BCUT2D eigenvalue weighted by molar-refractivity contribution is -0.0585. The van der Waals surface area contributed by atoms with E-state index in [0.29, 0.717) is 5.75 Å². The van der Waals surface area contributed by atoms with Gasteiger partial charge in [-0.3, -0.25) is 0 Å². The molecule has 0 aromatic heterocycles. The molecule has 1 atom stereocenters. The Balaban J connectivity index is 2.46. The first-order chi connectivity index (χ1) is 7.89. The van der Waals surface area contributed by atoms with E-state index in [1.807, 2.05) is 32.0 Å². The molecule has 0 aliphatic heterocycles. The fraction of sp³-hybridized carbons (Fsp3) is 0.571. The third kappa shape index (κ3) is 4.02. The predicted molar refractivity (Wildman–Crippen MR) is 74.1 cm³/mol. The summed E-state index contributed by atoms with van der Waals surface area (Å²) in [6.45, 7) is 5.55. The number of thioether (sulfide) groups is 1. The van der Waals surface area contributed by atoms with E-state index < -0.39 is 11.0 Å². The minimum atomic E-state index is -0.860. The minimum Gasteiger partial charge on any atom is -0.396 e. The molecule has 3 heteroatoms. The van der Waals surface area contributed by atoms with Crippen molar-refractivity contribution in [2.75, 3.05) is 12.4 Å². The van der Waals surface area contributed by atoms with E-state index >= 15 is 0 Å². The lowest BCUT2D eigenvalue weighted by Crippen LogP contribution is -2.46. The fourth-order valence-corrected chi connectivity index (χ4v) is 2.63. The maximum atomic E-state index is 10.3. The molecule has 2 nitrogen and oxygen atoms in total. The van der Waals surface area contributed by atoms with Crippen molar-refractivity contribution < 1.29 is 10.2 Å². The van der Waals surface area contributed by atoms with Crippen LogP contribution in [0.5, 0.6) is 0 Å². The maximum Gasteiger partial charge on any atom is 0.0782 e. The molecule has 2 N–H and O–H groups in total. The molecule has 1 unspecified atom stereocenters. The second-order valence-corrected chi connectivity index (χ2v) is 6.28. The van der Waals surface area contributed by atoms with Gasteiger partial charge in [-0.2, -0.15) is 11.8 Å². The average Bonchev–Trinajstić information content (AvgIpc) is 2.30. The van der Waals surface area contributed by atoms with Crippen LogP contribution in [-0.2, 0) is 5.75 Å². The van der Waals surface area contributed by atoms with E-state index in [1.165, 1.54) is 5.56 Å². The molecule has 17 heavy (non-hydrogen) atoms. The summed E-state index contributed by atoms with van der Waals surface area (Å²) in [5, 5.41) is 19.6. The van der Waals surface area contributed by atoms with Crippen LogP contribution in [0.1, 0.15) is 26.3 Å². The van der Waals surface area contributed by atoms with Gasteiger partial charge in [0.1, 0.15) is 0 Å². The summed E-state index contributed by atoms with van der Waals surface area (Å²) < 4.78 is 0. The zero-order chi connectivity index (χ0) is 12.9. The number of hydrogen-bond acceptors (Lipinski definition) is 3. The van der Waals surface area contributed by atoms with Crippen LogP contribution >= 0.6 is 11.8 Å². The maximum absolute atomic E-state index is 10.3. The summed E-state index contributed by atoms with van der Waals surface area (Å²) >= 11 is 1.69.